The normalized spacial score (nSPS) is 12.4. The van der Waals surface area contributed by atoms with E-state index in [1.165, 1.54) is 42.2 Å². The van der Waals surface area contributed by atoms with Crippen molar-refractivity contribution in [3.05, 3.63) is 47.5 Å². The van der Waals surface area contributed by atoms with Crippen molar-refractivity contribution in [2.75, 3.05) is 0 Å². The zero-order valence-corrected chi connectivity index (χ0v) is 9.67. The van der Waals surface area contributed by atoms with Crippen molar-refractivity contribution in [3.8, 4) is 5.69 Å². The number of carbonyl (C=O) groups is 1. The molecule has 0 radical (unpaired) electrons. The van der Waals surface area contributed by atoms with Gasteiger partial charge in [-0.2, -0.15) is 5.10 Å². The van der Waals surface area contributed by atoms with E-state index in [0.29, 0.717) is 11.3 Å². The van der Waals surface area contributed by atoms with Gasteiger partial charge in [-0.15, -0.1) is 0 Å². The van der Waals surface area contributed by atoms with Gasteiger partial charge in [0.15, 0.2) is 0 Å². The first kappa shape index (κ1) is 12.3. The Labute approximate surface area is 103 Å². The van der Waals surface area contributed by atoms with Crippen LogP contribution in [0, 0.1) is 5.82 Å². The first-order valence-corrected chi connectivity index (χ1v) is 5.31. The predicted molar refractivity (Wildman–Crippen MR) is 62.7 cm³/mol. The quantitative estimate of drug-likeness (QED) is 0.856. The van der Waals surface area contributed by atoms with Gasteiger partial charge in [0.1, 0.15) is 5.82 Å². The molecule has 94 valence electrons. The summed E-state index contributed by atoms with van der Waals surface area (Å²) in [6.07, 6.45) is 1.90. The molecule has 0 fully saturated rings. The van der Waals surface area contributed by atoms with Crippen LogP contribution in [0.2, 0.25) is 0 Å². The fourth-order valence-corrected chi connectivity index (χ4v) is 1.65. The van der Waals surface area contributed by atoms with Crippen LogP contribution in [0.1, 0.15) is 28.9 Å². The highest BCUT2D eigenvalue weighted by Crippen LogP contribution is 2.22. The molecular weight excluding hydrogens is 237 g/mol. The molecule has 0 saturated heterocycles. The van der Waals surface area contributed by atoms with Gasteiger partial charge in [0.25, 0.3) is 5.91 Å². The molecular formula is C12H12FN3O2. The molecule has 5 nitrogen and oxygen atoms in total. The molecule has 2 aromatic rings. The van der Waals surface area contributed by atoms with Crippen molar-refractivity contribution in [2.24, 2.45) is 5.73 Å². The summed E-state index contributed by atoms with van der Waals surface area (Å²) in [6, 6.07) is 3.97. The number of primary amides is 1. The van der Waals surface area contributed by atoms with Gasteiger partial charge in [-0.1, -0.05) is 0 Å². The second-order valence-corrected chi connectivity index (χ2v) is 3.92. The van der Waals surface area contributed by atoms with Crippen molar-refractivity contribution in [1.82, 2.24) is 9.78 Å². The lowest BCUT2D eigenvalue weighted by Gasteiger charge is -2.11. The van der Waals surface area contributed by atoms with E-state index in [1.54, 1.807) is 0 Å². The minimum absolute atomic E-state index is 0.246. The Hall–Kier alpha value is -2.21. The maximum atomic E-state index is 13.1. The van der Waals surface area contributed by atoms with Crippen LogP contribution >= 0.6 is 0 Å². The molecule has 0 aliphatic heterocycles. The van der Waals surface area contributed by atoms with Crippen LogP contribution in [0.4, 0.5) is 4.39 Å². The number of amides is 1. The molecule has 0 aliphatic rings. The van der Waals surface area contributed by atoms with Crippen LogP contribution in [0.15, 0.2) is 30.6 Å². The number of aliphatic hydroxyl groups is 1. The fourth-order valence-electron chi connectivity index (χ4n) is 1.65. The van der Waals surface area contributed by atoms with Gasteiger partial charge in [0.05, 0.1) is 23.6 Å². The van der Waals surface area contributed by atoms with E-state index >= 15 is 0 Å². The summed E-state index contributed by atoms with van der Waals surface area (Å²) in [6.45, 7) is 1.52. The summed E-state index contributed by atoms with van der Waals surface area (Å²) in [4.78, 5) is 11.0. The standard InChI is InChI=1S/C12H12FN3O2/c1-7(17)10-4-9(13)2-3-11(10)16-6-8(5-15-16)12(14)18/h2-7,17H,1H3,(H2,14,18)/t7-/m1/s1. The largest absolute Gasteiger partial charge is 0.389 e. The Balaban J connectivity index is 2.52. The molecule has 1 amide bonds. The molecule has 0 saturated carbocycles. The summed E-state index contributed by atoms with van der Waals surface area (Å²) in [5, 5.41) is 13.6. The third-order valence-electron chi connectivity index (χ3n) is 2.55. The van der Waals surface area contributed by atoms with E-state index in [1.807, 2.05) is 0 Å². The molecule has 1 aromatic carbocycles. The number of aromatic nitrogens is 2. The smallest absolute Gasteiger partial charge is 0.251 e. The summed E-state index contributed by atoms with van der Waals surface area (Å²) >= 11 is 0. The predicted octanol–water partition coefficient (Wildman–Crippen LogP) is 1.16. The number of benzene rings is 1. The van der Waals surface area contributed by atoms with Gasteiger partial charge >= 0.3 is 0 Å². The van der Waals surface area contributed by atoms with Crippen LogP contribution in [-0.2, 0) is 0 Å². The van der Waals surface area contributed by atoms with E-state index in [2.05, 4.69) is 5.10 Å². The van der Waals surface area contributed by atoms with Gasteiger partial charge < -0.3 is 10.8 Å². The van der Waals surface area contributed by atoms with Gasteiger partial charge in [-0.3, -0.25) is 4.79 Å². The zero-order chi connectivity index (χ0) is 13.3. The highest BCUT2D eigenvalue weighted by atomic mass is 19.1. The molecule has 6 heteroatoms. The minimum Gasteiger partial charge on any atom is -0.389 e. The van der Waals surface area contributed by atoms with Crippen molar-refractivity contribution >= 4 is 5.91 Å². The molecule has 1 atom stereocenters. The van der Waals surface area contributed by atoms with Crippen LogP contribution < -0.4 is 5.73 Å². The molecule has 0 unspecified atom stereocenters. The third-order valence-corrected chi connectivity index (χ3v) is 2.55. The lowest BCUT2D eigenvalue weighted by molar-refractivity contribution is 0.100. The summed E-state index contributed by atoms with van der Waals surface area (Å²) in [5.74, 6) is -1.04. The average Bonchev–Trinajstić information content (AvgIpc) is 2.78. The number of halogens is 1. The van der Waals surface area contributed by atoms with Crippen molar-refractivity contribution in [3.63, 3.8) is 0 Å². The Bertz CT molecular complexity index is 593. The van der Waals surface area contributed by atoms with Gasteiger partial charge in [-0.05, 0) is 25.1 Å². The third kappa shape index (κ3) is 2.23. The Morgan fingerprint density at radius 2 is 2.28 bits per heavy atom. The maximum absolute atomic E-state index is 13.1. The molecule has 2 rings (SSSR count). The Kier molecular flexibility index (Phi) is 3.12. The van der Waals surface area contributed by atoms with E-state index in [4.69, 9.17) is 5.73 Å². The molecule has 3 N–H and O–H groups in total. The van der Waals surface area contributed by atoms with Crippen LogP contribution in [0.25, 0.3) is 5.69 Å². The average molecular weight is 249 g/mol. The van der Waals surface area contributed by atoms with E-state index in [9.17, 15) is 14.3 Å². The summed E-state index contributed by atoms with van der Waals surface area (Å²) < 4.78 is 14.5. The first-order chi connectivity index (χ1) is 8.49. The number of nitrogens with two attached hydrogens (primary N) is 1. The number of aliphatic hydroxyl groups excluding tert-OH is 1. The van der Waals surface area contributed by atoms with Gasteiger partial charge in [0, 0.05) is 11.8 Å². The minimum atomic E-state index is -0.850. The molecule has 1 heterocycles. The molecule has 0 aliphatic carbocycles. The molecule has 1 aromatic heterocycles. The summed E-state index contributed by atoms with van der Waals surface area (Å²) in [5.41, 5.74) is 6.25. The van der Waals surface area contributed by atoms with Gasteiger partial charge in [0.2, 0.25) is 0 Å². The highest BCUT2D eigenvalue weighted by molar-refractivity contribution is 5.92. The highest BCUT2D eigenvalue weighted by Gasteiger charge is 2.13. The Morgan fingerprint density at radius 3 is 2.83 bits per heavy atom. The number of nitrogens with zero attached hydrogens (tertiary/aromatic N) is 2. The van der Waals surface area contributed by atoms with Crippen molar-refractivity contribution < 1.29 is 14.3 Å². The molecule has 0 bridgehead atoms. The number of rotatable bonds is 3. The lowest BCUT2D eigenvalue weighted by Crippen LogP contribution is -2.09. The van der Waals surface area contributed by atoms with E-state index in [-0.39, 0.29) is 5.56 Å². The van der Waals surface area contributed by atoms with E-state index in [0.717, 1.165) is 0 Å². The SMILES string of the molecule is C[C@@H](O)c1cc(F)ccc1-n1cc(C(N)=O)cn1. The molecule has 0 spiro atoms. The second-order valence-electron chi connectivity index (χ2n) is 3.92. The topological polar surface area (TPSA) is 81.1 Å². The Morgan fingerprint density at radius 1 is 1.56 bits per heavy atom. The fraction of sp³-hybridized carbons (Fsp3) is 0.167. The van der Waals surface area contributed by atoms with Crippen LogP contribution in [0.5, 0.6) is 0 Å². The first-order valence-electron chi connectivity index (χ1n) is 5.31. The number of hydrogen-bond acceptors (Lipinski definition) is 3. The van der Waals surface area contributed by atoms with Crippen molar-refractivity contribution in [2.45, 2.75) is 13.0 Å². The van der Waals surface area contributed by atoms with Crippen LogP contribution in [0.3, 0.4) is 0 Å². The second kappa shape index (κ2) is 4.58. The monoisotopic (exact) mass is 249 g/mol. The van der Waals surface area contributed by atoms with E-state index < -0.39 is 17.8 Å². The number of hydrogen-bond donors (Lipinski definition) is 2. The van der Waals surface area contributed by atoms with Crippen molar-refractivity contribution in [1.29, 1.82) is 0 Å². The maximum Gasteiger partial charge on any atom is 0.251 e. The zero-order valence-electron chi connectivity index (χ0n) is 9.67. The lowest BCUT2D eigenvalue weighted by atomic mass is 10.1. The van der Waals surface area contributed by atoms with Crippen LogP contribution in [-0.4, -0.2) is 20.8 Å². The number of carbonyl (C=O) groups excluding carboxylic acids is 1. The molecule has 18 heavy (non-hydrogen) atoms. The van der Waals surface area contributed by atoms with Gasteiger partial charge in [-0.25, -0.2) is 9.07 Å². The summed E-state index contributed by atoms with van der Waals surface area (Å²) in [7, 11) is 0.